The molecule has 0 radical (unpaired) electrons. The van der Waals surface area contributed by atoms with Gasteiger partial charge in [0.25, 0.3) is 5.56 Å². The van der Waals surface area contributed by atoms with Gasteiger partial charge in [-0.1, -0.05) is 45.4 Å². The lowest BCUT2D eigenvalue weighted by Crippen LogP contribution is -2.42. The van der Waals surface area contributed by atoms with Crippen LogP contribution in [0.5, 0.6) is 0 Å². The molecule has 0 saturated carbocycles. The third-order valence-electron chi connectivity index (χ3n) is 4.17. The molecule has 0 saturated heterocycles. The number of rotatable bonds is 9. The number of H-pyrrole nitrogens is 1. The zero-order valence-corrected chi connectivity index (χ0v) is 17.4. The number of nitrogens with one attached hydrogen (secondary N) is 1. The van der Waals surface area contributed by atoms with E-state index < -0.39 is 11.2 Å². The standard InChI is InChI=1S/C20H28N4O3S/c1-4-5-11-23(16(25)13-28-15-9-7-6-8-10-15)17-18(21)24(12-14(2)3)20(27)22-19(17)26/h6-10,14H,4-5,11-13,21H2,1-3H3,(H,22,26,27). The van der Waals surface area contributed by atoms with Crippen LogP contribution in [0.1, 0.15) is 33.6 Å². The van der Waals surface area contributed by atoms with Gasteiger partial charge in [-0.25, -0.2) is 4.79 Å². The number of nitrogen functional groups attached to an aromatic ring is 1. The van der Waals surface area contributed by atoms with Crippen LogP contribution in [0.15, 0.2) is 44.8 Å². The van der Waals surface area contributed by atoms with Crippen molar-refractivity contribution in [1.29, 1.82) is 0 Å². The van der Waals surface area contributed by atoms with Gasteiger partial charge in [0.15, 0.2) is 5.69 Å². The van der Waals surface area contributed by atoms with Gasteiger partial charge in [-0.2, -0.15) is 0 Å². The lowest BCUT2D eigenvalue weighted by Gasteiger charge is -2.24. The van der Waals surface area contributed by atoms with Gasteiger partial charge in [0, 0.05) is 18.0 Å². The fraction of sp³-hybridized carbons (Fsp3) is 0.450. The third-order valence-corrected chi connectivity index (χ3v) is 5.17. The predicted molar refractivity (Wildman–Crippen MR) is 115 cm³/mol. The van der Waals surface area contributed by atoms with Crippen LogP contribution in [0.25, 0.3) is 0 Å². The van der Waals surface area contributed by atoms with Crippen molar-refractivity contribution in [2.75, 3.05) is 22.9 Å². The van der Waals surface area contributed by atoms with Crippen molar-refractivity contribution in [3.8, 4) is 0 Å². The van der Waals surface area contributed by atoms with E-state index in [4.69, 9.17) is 5.73 Å². The van der Waals surface area contributed by atoms with Crippen LogP contribution in [0.3, 0.4) is 0 Å². The molecule has 7 nitrogen and oxygen atoms in total. The minimum absolute atomic E-state index is 0.0385. The Morgan fingerprint density at radius 3 is 2.54 bits per heavy atom. The summed E-state index contributed by atoms with van der Waals surface area (Å²) in [6.45, 7) is 6.65. The molecular formula is C20H28N4O3S. The molecule has 8 heteroatoms. The van der Waals surface area contributed by atoms with E-state index in [1.807, 2.05) is 51.1 Å². The smallest absolute Gasteiger partial charge is 0.330 e. The molecule has 0 aliphatic heterocycles. The summed E-state index contributed by atoms with van der Waals surface area (Å²) in [6.07, 6.45) is 1.59. The van der Waals surface area contributed by atoms with Gasteiger partial charge < -0.3 is 10.6 Å². The normalized spacial score (nSPS) is 11.0. The van der Waals surface area contributed by atoms with Gasteiger partial charge in [0.2, 0.25) is 5.91 Å². The first-order chi connectivity index (χ1) is 13.3. The van der Waals surface area contributed by atoms with Crippen molar-refractivity contribution in [3.05, 3.63) is 51.2 Å². The Morgan fingerprint density at radius 1 is 1.25 bits per heavy atom. The molecule has 2 rings (SSSR count). The Bertz CT molecular complexity index is 906. The number of carbonyl (C=O) groups excluding carboxylic acids is 1. The summed E-state index contributed by atoms with van der Waals surface area (Å²) >= 11 is 1.40. The number of hydrogen-bond donors (Lipinski definition) is 2. The van der Waals surface area contributed by atoms with Crippen LogP contribution >= 0.6 is 11.8 Å². The quantitative estimate of drug-likeness (QED) is 0.626. The van der Waals surface area contributed by atoms with E-state index >= 15 is 0 Å². The molecule has 2 aromatic rings. The van der Waals surface area contributed by atoms with Crippen molar-refractivity contribution >= 4 is 29.2 Å². The Balaban J connectivity index is 2.37. The maximum Gasteiger partial charge on any atom is 0.330 e. The van der Waals surface area contributed by atoms with Gasteiger partial charge in [0.05, 0.1) is 5.75 Å². The molecule has 0 atom stereocenters. The molecule has 0 spiro atoms. The lowest BCUT2D eigenvalue weighted by molar-refractivity contribution is -0.116. The minimum atomic E-state index is -0.628. The second kappa shape index (κ2) is 10.2. The Kier molecular flexibility index (Phi) is 7.92. The van der Waals surface area contributed by atoms with Crippen molar-refractivity contribution in [2.24, 2.45) is 5.92 Å². The molecule has 28 heavy (non-hydrogen) atoms. The summed E-state index contributed by atoms with van der Waals surface area (Å²) in [6, 6.07) is 9.59. The molecule has 1 aromatic carbocycles. The molecule has 3 N–H and O–H groups in total. The molecular weight excluding hydrogens is 376 g/mol. The second-order valence-electron chi connectivity index (χ2n) is 7.00. The molecule has 0 aliphatic rings. The molecule has 1 aromatic heterocycles. The molecule has 0 fully saturated rings. The Hall–Kier alpha value is -2.48. The number of benzene rings is 1. The highest BCUT2D eigenvalue weighted by molar-refractivity contribution is 8.00. The highest BCUT2D eigenvalue weighted by Gasteiger charge is 2.24. The molecule has 0 aliphatic carbocycles. The van der Waals surface area contributed by atoms with Crippen LogP contribution in [0.2, 0.25) is 0 Å². The number of aromatic nitrogens is 2. The van der Waals surface area contributed by atoms with Gasteiger partial charge in [-0.05, 0) is 24.5 Å². The van der Waals surface area contributed by atoms with Crippen molar-refractivity contribution in [2.45, 2.75) is 45.1 Å². The van der Waals surface area contributed by atoms with Gasteiger partial charge >= 0.3 is 5.69 Å². The zero-order valence-electron chi connectivity index (χ0n) is 16.6. The van der Waals surface area contributed by atoms with Gasteiger partial charge in [0.1, 0.15) is 5.82 Å². The van der Waals surface area contributed by atoms with Crippen molar-refractivity contribution < 1.29 is 4.79 Å². The van der Waals surface area contributed by atoms with E-state index in [-0.39, 0.29) is 29.1 Å². The average molecular weight is 405 g/mol. The van der Waals surface area contributed by atoms with Crippen molar-refractivity contribution in [1.82, 2.24) is 9.55 Å². The molecule has 0 bridgehead atoms. The second-order valence-corrected chi connectivity index (χ2v) is 8.05. The van der Waals surface area contributed by atoms with Gasteiger partial charge in [-0.15, -0.1) is 11.8 Å². The first kappa shape index (κ1) is 21.8. The summed E-state index contributed by atoms with van der Waals surface area (Å²) in [5.74, 6) is 0.161. The van der Waals surface area contributed by atoms with E-state index in [2.05, 4.69) is 4.98 Å². The summed E-state index contributed by atoms with van der Waals surface area (Å²) in [4.78, 5) is 42.4. The number of thioether (sulfide) groups is 1. The number of anilines is 2. The van der Waals surface area contributed by atoms with E-state index in [1.54, 1.807) is 0 Å². The predicted octanol–water partition coefficient (Wildman–Crippen LogP) is 2.70. The Morgan fingerprint density at radius 2 is 1.93 bits per heavy atom. The van der Waals surface area contributed by atoms with Crippen LogP contribution in [-0.2, 0) is 11.3 Å². The van der Waals surface area contributed by atoms with Crippen LogP contribution in [0.4, 0.5) is 11.5 Å². The number of unbranched alkanes of at least 4 members (excludes halogenated alkanes) is 1. The van der Waals surface area contributed by atoms with E-state index in [0.29, 0.717) is 13.1 Å². The highest BCUT2D eigenvalue weighted by Crippen LogP contribution is 2.22. The number of hydrogen-bond acceptors (Lipinski definition) is 5. The lowest BCUT2D eigenvalue weighted by atomic mass is 10.2. The van der Waals surface area contributed by atoms with Crippen LogP contribution in [-0.4, -0.2) is 27.8 Å². The number of nitrogens with two attached hydrogens (primary N) is 1. The van der Waals surface area contributed by atoms with Gasteiger partial charge in [-0.3, -0.25) is 19.1 Å². The molecule has 0 unspecified atom stereocenters. The topological polar surface area (TPSA) is 101 Å². The summed E-state index contributed by atoms with van der Waals surface area (Å²) in [5.41, 5.74) is 5.07. The number of amides is 1. The molecule has 152 valence electrons. The maximum atomic E-state index is 13.0. The number of aromatic amines is 1. The minimum Gasteiger partial charge on any atom is -0.383 e. The zero-order chi connectivity index (χ0) is 20.7. The number of carbonyl (C=O) groups is 1. The summed E-state index contributed by atoms with van der Waals surface area (Å²) in [5, 5.41) is 0. The first-order valence-electron chi connectivity index (χ1n) is 9.46. The van der Waals surface area contributed by atoms with E-state index in [9.17, 15) is 14.4 Å². The van der Waals surface area contributed by atoms with E-state index in [0.717, 1.165) is 17.7 Å². The fourth-order valence-electron chi connectivity index (χ4n) is 2.80. The third kappa shape index (κ3) is 5.51. The first-order valence-corrected chi connectivity index (χ1v) is 10.4. The van der Waals surface area contributed by atoms with Crippen LogP contribution < -0.4 is 21.9 Å². The Labute approximate surface area is 168 Å². The highest BCUT2D eigenvalue weighted by atomic mass is 32.2. The van der Waals surface area contributed by atoms with Crippen molar-refractivity contribution in [3.63, 3.8) is 0 Å². The summed E-state index contributed by atoms with van der Waals surface area (Å²) in [7, 11) is 0. The molecule has 1 amide bonds. The fourth-order valence-corrected chi connectivity index (χ4v) is 3.60. The monoisotopic (exact) mass is 404 g/mol. The average Bonchev–Trinajstić information content (AvgIpc) is 2.66. The largest absolute Gasteiger partial charge is 0.383 e. The SMILES string of the molecule is CCCCN(C(=O)CSc1ccccc1)c1c(N)n(CC(C)C)c(=O)[nH]c1=O. The maximum absolute atomic E-state index is 13.0. The molecule has 1 heterocycles. The number of nitrogens with zero attached hydrogens (tertiary/aromatic N) is 2. The van der Waals surface area contributed by atoms with Crippen LogP contribution in [0, 0.1) is 5.92 Å². The summed E-state index contributed by atoms with van der Waals surface area (Å²) < 4.78 is 1.33. The van der Waals surface area contributed by atoms with E-state index in [1.165, 1.54) is 21.2 Å².